The largest absolute Gasteiger partial charge is 0.478 e. The summed E-state index contributed by atoms with van der Waals surface area (Å²) in [6.07, 6.45) is 3.15. The van der Waals surface area contributed by atoms with Crippen LogP contribution in [0.2, 0.25) is 0 Å². The fourth-order valence-corrected chi connectivity index (χ4v) is 0.376. The molecule has 0 amide bonds. The molecule has 0 spiro atoms. The molecule has 0 rings (SSSR count). The molecule has 0 fully saturated rings. The molecule has 0 aliphatic carbocycles. The van der Waals surface area contributed by atoms with E-state index in [4.69, 9.17) is 5.11 Å². The zero-order valence-electron chi connectivity index (χ0n) is 12.9. The van der Waals surface area contributed by atoms with E-state index in [1.165, 1.54) is 13.0 Å². The van der Waals surface area contributed by atoms with E-state index in [1.807, 2.05) is 6.92 Å². The number of ether oxygens (including phenoxy) is 1. The lowest BCUT2D eigenvalue weighted by molar-refractivity contribution is -0.138. The average Bonchev–Trinajstić information content (AvgIpc) is 2.29. The van der Waals surface area contributed by atoms with Crippen molar-refractivity contribution in [3.8, 4) is 0 Å². The summed E-state index contributed by atoms with van der Waals surface area (Å²) < 4.78 is 4.67. The zero-order valence-corrected chi connectivity index (χ0v) is 12.9. The molecule has 0 saturated heterocycles. The van der Waals surface area contributed by atoms with Crippen molar-refractivity contribution in [3.05, 3.63) is 24.8 Å². The molecule has 4 heteroatoms. The van der Waals surface area contributed by atoms with E-state index in [2.05, 4.69) is 38.7 Å². The van der Waals surface area contributed by atoms with Crippen LogP contribution in [0.4, 0.5) is 0 Å². The van der Waals surface area contributed by atoms with Crippen LogP contribution in [0.15, 0.2) is 24.8 Å². The standard InChI is InChI=1S/C7H12O2.C4H6O2.C4H10/c1-3-5-6-9-7(8)4-2;1-3(2)4(5)6;1-4(2)3/h4H,2-3,5-6H2,1H3;1H2,2H3,(H,5,6);4H,1-3H3. The molecule has 0 aliphatic heterocycles. The van der Waals surface area contributed by atoms with Gasteiger partial charge in [-0.05, 0) is 19.3 Å². The number of carbonyl (C=O) groups excluding carboxylic acids is 1. The number of rotatable bonds is 5. The highest BCUT2D eigenvalue weighted by Gasteiger charge is 1.91. The maximum atomic E-state index is 10.3. The van der Waals surface area contributed by atoms with Gasteiger partial charge >= 0.3 is 11.9 Å². The van der Waals surface area contributed by atoms with Gasteiger partial charge in [0.1, 0.15) is 0 Å². The Balaban J connectivity index is -0.000000222. The van der Waals surface area contributed by atoms with Gasteiger partial charge in [-0.2, -0.15) is 0 Å². The molecule has 4 nitrogen and oxygen atoms in total. The molecule has 0 unspecified atom stereocenters. The third kappa shape index (κ3) is 38.5. The van der Waals surface area contributed by atoms with Gasteiger partial charge in [-0.1, -0.05) is 47.3 Å². The summed E-state index contributed by atoms with van der Waals surface area (Å²) in [4.78, 5) is 19.9. The quantitative estimate of drug-likeness (QED) is 0.469. The Morgan fingerprint density at radius 3 is 1.89 bits per heavy atom. The van der Waals surface area contributed by atoms with Crippen molar-refractivity contribution < 1.29 is 19.4 Å². The van der Waals surface area contributed by atoms with Gasteiger partial charge in [-0.3, -0.25) is 0 Å². The molecule has 0 atom stereocenters. The van der Waals surface area contributed by atoms with Crippen LogP contribution in [0.5, 0.6) is 0 Å². The summed E-state index contributed by atoms with van der Waals surface area (Å²) in [5.41, 5.74) is 0.176. The van der Waals surface area contributed by atoms with Crippen LogP contribution in [0.25, 0.3) is 0 Å². The molecular formula is C15H28O4. The monoisotopic (exact) mass is 272 g/mol. The summed E-state index contributed by atoms with van der Waals surface area (Å²) in [5.74, 6) is -0.432. The molecule has 0 aromatic carbocycles. The van der Waals surface area contributed by atoms with Crippen molar-refractivity contribution in [1.82, 2.24) is 0 Å². The second-order valence-electron chi connectivity index (χ2n) is 4.54. The van der Waals surface area contributed by atoms with E-state index in [1.54, 1.807) is 0 Å². The summed E-state index contributed by atoms with van der Waals surface area (Å²) >= 11 is 0. The molecule has 0 aromatic rings. The number of carbonyl (C=O) groups is 2. The molecule has 19 heavy (non-hydrogen) atoms. The van der Waals surface area contributed by atoms with Crippen LogP contribution in [-0.4, -0.2) is 23.7 Å². The minimum atomic E-state index is -0.935. The van der Waals surface area contributed by atoms with Gasteiger partial charge in [0.15, 0.2) is 0 Å². The lowest BCUT2D eigenvalue weighted by Crippen LogP contribution is -2.00. The maximum absolute atomic E-state index is 10.3. The summed E-state index contributed by atoms with van der Waals surface area (Å²) in [5, 5.41) is 7.89. The molecule has 0 radical (unpaired) electrons. The number of esters is 1. The molecular weight excluding hydrogens is 244 g/mol. The third-order valence-electron chi connectivity index (χ3n) is 1.27. The molecule has 0 saturated carbocycles. The van der Waals surface area contributed by atoms with Crippen molar-refractivity contribution in [3.63, 3.8) is 0 Å². The van der Waals surface area contributed by atoms with Gasteiger partial charge in [-0.15, -0.1) is 0 Å². The Morgan fingerprint density at radius 1 is 1.32 bits per heavy atom. The first kappa shape index (κ1) is 22.6. The minimum Gasteiger partial charge on any atom is -0.478 e. The Morgan fingerprint density at radius 2 is 1.68 bits per heavy atom. The maximum Gasteiger partial charge on any atom is 0.330 e. The SMILES string of the molecule is C=C(C)C(=O)O.C=CC(=O)OCCCC.CC(C)C. The Hall–Kier alpha value is -1.58. The lowest BCUT2D eigenvalue weighted by atomic mass is 10.3. The zero-order chi connectivity index (χ0) is 15.8. The van der Waals surface area contributed by atoms with E-state index in [0.29, 0.717) is 6.61 Å². The Bertz CT molecular complexity index is 253. The summed E-state index contributed by atoms with van der Waals surface area (Å²) in [6.45, 7) is 16.9. The van der Waals surface area contributed by atoms with Crippen molar-refractivity contribution in [1.29, 1.82) is 0 Å². The second-order valence-corrected chi connectivity index (χ2v) is 4.54. The first-order chi connectivity index (χ1) is 8.68. The predicted molar refractivity (Wildman–Crippen MR) is 79.0 cm³/mol. The molecule has 0 bridgehead atoms. The van der Waals surface area contributed by atoms with Crippen molar-refractivity contribution in [2.24, 2.45) is 5.92 Å². The average molecular weight is 272 g/mol. The van der Waals surface area contributed by atoms with E-state index >= 15 is 0 Å². The number of unbranched alkanes of at least 4 members (excludes halogenated alkanes) is 1. The van der Waals surface area contributed by atoms with Crippen LogP contribution in [-0.2, 0) is 14.3 Å². The van der Waals surface area contributed by atoms with Crippen LogP contribution in [0, 0.1) is 5.92 Å². The molecule has 1 N–H and O–H groups in total. The number of carboxylic acids is 1. The lowest BCUT2D eigenvalue weighted by Gasteiger charge is -1.97. The van der Waals surface area contributed by atoms with E-state index < -0.39 is 5.97 Å². The van der Waals surface area contributed by atoms with Crippen molar-refractivity contribution >= 4 is 11.9 Å². The highest BCUT2D eigenvalue weighted by molar-refractivity contribution is 5.84. The van der Waals surface area contributed by atoms with Gasteiger partial charge in [-0.25, -0.2) is 9.59 Å². The molecule has 0 aliphatic rings. The Kier molecular flexibility index (Phi) is 19.5. The summed E-state index contributed by atoms with van der Waals surface area (Å²) in [6, 6.07) is 0. The van der Waals surface area contributed by atoms with Gasteiger partial charge in [0.2, 0.25) is 0 Å². The van der Waals surface area contributed by atoms with Crippen LogP contribution in [0.3, 0.4) is 0 Å². The number of hydrogen-bond donors (Lipinski definition) is 1. The van der Waals surface area contributed by atoms with Gasteiger partial charge in [0.25, 0.3) is 0 Å². The topological polar surface area (TPSA) is 63.6 Å². The Labute approximate surface area is 117 Å². The highest BCUT2D eigenvalue weighted by atomic mass is 16.5. The fourth-order valence-electron chi connectivity index (χ4n) is 0.376. The number of carboxylic acid groups (broad SMARTS) is 1. The number of hydrogen-bond acceptors (Lipinski definition) is 3. The van der Waals surface area contributed by atoms with Crippen LogP contribution >= 0.6 is 0 Å². The predicted octanol–water partition coefficient (Wildman–Crippen LogP) is 3.83. The van der Waals surface area contributed by atoms with E-state index in [0.717, 1.165) is 18.8 Å². The first-order valence-electron chi connectivity index (χ1n) is 6.36. The molecule has 0 aromatic heterocycles. The van der Waals surface area contributed by atoms with E-state index in [-0.39, 0.29) is 11.5 Å². The first-order valence-corrected chi connectivity index (χ1v) is 6.36. The van der Waals surface area contributed by atoms with Crippen LogP contribution in [0.1, 0.15) is 47.5 Å². The number of aliphatic carboxylic acids is 1. The smallest absolute Gasteiger partial charge is 0.330 e. The molecule has 0 heterocycles. The second kappa shape index (κ2) is 16.4. The fraction of sp³-hybridized carbons (Fsp3) is 0.600. The van der Waals surface area contributed by atoms with Gasteiger partial charge < -0.3 is 9.84 Å². The van der Waals surface area contributed by atoms with Crippen molar-refractivity contribution in [2.75, 3.05) is 6.61 Å². The van der Waals surface area contributed by atoms with Gasteiger partial charge in [0.05, 0.1) is 6.61 Å². The normalized spacial score (nSPS) is 8.32. The molecule has 112 valence electrons. The summed E-state index contributed by atoms with van der Waals surface area (Å²) in [7, 11) is 0. The van der Waals surface area contributed by atoms with Crippen LogP contribution < -0.4 is 0 Å². The minimum absolute atomic E-state index is 0.176. The van der Waals surface area contributed by atoms with Crippen molar-refractivity contribution in [2.45, 2.75) is 47.5 Å². The third-order valence-corrected chi connectivity index (χ3v) is 1.27. The highest BCUT2D eigenvalue weighted by Crippen LogP contribution is 1.88. The van der Waals surface area contributed by atoms with E-state index in [9.17, 15) is 9.59 Å². The van der Waals surface area contributed by atoms with Gasteiger partial charge in [0, 0.05) is 11.6 Å².